The van der Waals surface area contributed by atoms with Crippen molar-refractivity contribution >= 4 is 0 Å². The summed E-state index contributed by atoms with van der Waals surface area (Å²) in [5.41, 5.74) is 6.22. The monoisotopic (exact) mass is 170 g/mol. The molecular formula is C13H14. The lowest BCUT2D eigenvalue weighted by Gasteiger charge is -2.41. The second kappa shape index (κ2) is 1.36. The fourth-order valence-corrected chi connectivity index (χ4v) is 4.58. The van der Waals surface area contributed by atoms with Crippen LogP contribution < -0.4 is 0 Å². The third-order valence-electron chi connectivity index (χ3n) is 5.59. The first-order chi connectivity index (χ1) is 6.32. The first-order valence-corrected chi connectivity index (χ1v) is 5.73. The molecule has 0 aromatic rings. The highest BCUT2D eigenvalue weighted by Gasteiger charge is 2.85. The summed E-state index contributed by atoms with van der Waals surface area (Å²) in [6, 6.07) is 0. The number of fused-ring (bicyclic) bond motifs is 1. The van der Waals surface area contributed by atoms with Gasteiger partial charge in [0, 0.05) is 11.3 Å². The van der Waals surface area contributed by atoms with E-state index in [-0.39, 0.29) is 0 Å². The van der Waals surface area contributed by atoms with Gasteiger partial charge in [-0.05, 0) is 43.4 Å². The Labute approximate surface area is 78.7 Å². The summed E-state index contributed by atoms with van der Waals surface area (Å²) in [4.78, 5) is 0. The zero-order chi connectivity index (χ0) is 8.37. The molecule has 5 unspecified atom stereocenters. The van der Waals surface area contributed by atoms with Crippen molar-refractivity contribution in [2.45, 2.75) is 25.7 Å². The molecule has 0 amide bonds. The normalized spacial score (nSPS) is 63.8. The summed E-state index contributed by atoms with van der Waals surface area (Å²) in [6.07, 6.45) is 5.93. The summed E-state index contributed by atoms with van der Waals surface area (Å²) >= 11 is 0. The van der Waals surface area contributed by atoms with Crippen LogP contribution in [0.3, 0.4) is 0 Å². The Morgan fingerprint density at radius 3 is 2.69 bits per heavy atom. The average molecular weight is 170 g/mol. The SMILES string of the molecule is C=C1CC(C23CC4=C2C43)CC2CC12. The summed E-state index contributed by atoms with van der Waals surface area (Å²) in [7, 11) is 0. The van der Waals surface area contributed by atoms with E-state index in [0.717, 1.165) is 29.1 Å². The van der Waals surface area contributed by atoms with Gasteiger partial charge in [0.25, 0.3) is 0 Å². The molecule has 0 nitrogen and oxygen atoms in total. The Kier molecular flexibility index (Phi) is 0.632. The topological polar surface area (TPSA) is 0 Å². The largest absolute Gasteiger partial charge is 0.0996 e. The number of allylic oxidation sites excluding steroid dienone is 3. The van der Waals surface area contributed by atoms with Gasteiger partial charge in [0.1, 0.15) is 0 Å². The Morgan fingerprint density at radius 1 is 1.31 bits per heavy atom. The van der Waals surface area contributed by atoms with Gasteiger partial charge in [-0.2, -0.15) is 0 Å². The van der Waals surface area contributed by atoms with E-state index >= 15 is 0 Å². The lowest BCUT2D eigenvalue weighted by molar-refractivity contribution is 0.185. The molecule has 13 heavy (non-hydrogen) atoms. The van der Waals surface area contributed by atoms with E-state index in [1.165, 1.54) is 19.3 Å². The van der Waals surface area contributed by atoms with Crippen LogP contribution in [0.2, 0.25) is 0 Å². The van der Waals surface area contributed by atoms with Crippen LogP contribution in [0.4, 0.5) is 0 Å². The molecule has 0 heteroatoms. The predicted molar refractivity (Wildman–Crippen MR) is 51.0 cm³/mol. The highest BCUT2D eigenvalue weighted by Crippen LogP contribution is 2.94. The Morgan fingerprint density at radius 2 is 2.15 bits per heavy atom. The van der Waals surface area contributed by atoms with E-state index in [4.69, 9.17) is 0 Å². The standard InChI is InChI=1S/C13H14/c1-6-2-8(3-7-4-9(6)7)13-5-10-11(13)12(10)13/h7-9,11H,1-5H2. The minimum Gasteiger partial charge on any atom is -0.0996 e. The van der Waals surface area contributed by atoms with Crippen LogP contribution >= 0.6 is 0 Å². The third kappa shape index (κ3) is 0.439. The highest BCUT2D eigenvalue weighted by molar-refractivity contribution is 5.76. The van der Waals surface area contributed by atoms with E-state index in [2.05, 4.69) is 6.58 Å². The van der Waals surface area contributed by atoms with Gasteiger partial charge in [0.2, 0.25) is 0 Å². The van der Waals surface area contributed by atoms with E-state index in [1.54, 1.807) is 12.0 Å². The Hall–Kier alpha value is -0.520. The molecule has 4 fully saturated rings. The molecule has 0 saturated heterocycles. The Balaban J connectivity index is 1.51. The maximum Gasteiger partial charge on any atom is 0.0119 e. The third-order valence-corrected chi connectivity index (χ3v) is 5.59. The van der Waals surface area contributed by atoms with Crippen molar-refractivity contribution in [3.63, 3.8) is 0 Å². The Bertz CT molecular complexity index is 400. The molecule has 2 bridgehead atoms. The summed E-state index contributed by atoms with van der Waals surface area (Å²) in [5, 5.41) is 0. The second-order valence-corrected chi connectivity index (χ2v) is 5.99. The van der Waals surface area contributed by atoms with Crippen LogP contribution in [0.1, 0.15) is 25.7 Å². The van der Waals surface area contributed by atoms with Crippen molar-refractivity contribution in [2.24, 2.45) is 29.1 Å². The summed E-state index contributed by atoms with van der Waals surface area (Å²) in [6.45, 7) is 4.27. The molecule has 0 aliphatic heterocycles. The first-order valence-electron chi connectivity index (χ1n) is 5.73. The quantitative estimate of drug-likeness (QED) is 0.531. The smallest absolute Gasteiger partial charge is 0.0119 e. The van der Waals surface area contributed by atoms with E-state index in [9.17, 15) is 0 Å². The number of hydrogen-bond donors (Lipinski definition) is 0. The maximum absolute atomic E-state index is 4.27. The lowest BCUT2D eigenvalue weighted by Crippen LogP contribution is -2.33. The van der Waals surface area contributed by atoms with Gasteiger partial charge < -0.3 is 0 Å². The predicted octanol–water partition coefficient (Wildman–Crippen LogP) is 2.92. The fraction of sp³-hybridized carbons (Fsp3) is 0.692. The molecule has 0 spiro atoms. The molecule has 0 heterocycles. The molecule has 5 atom stereocenters. The molecule has 6 aliphatic rings. The van der Waals surface area contributed by atoms with Crippen LogP contribution in [0.15, 0.2) is 23.3 Å². The highest BCUT2D eigenvalue weighted by atomic mass is 14.9. The van der Waals surface area contributed by atoms with Crippen LogP contribution in [-0.4, -0.2) is 0 Å². The van der Waals surface area contributed by atoms with Gasteiger partial charge in [-0.3, -0.25) is 0 Å². The molecule has 6 aliphatic carbocycles. The lowest BCUT2D eigenvalue weighted by atomic mass is 9.62. The molecule has 66 valence electrons. The van der Waals surface area contributed by atoms with Crippen LogP contribution in [0.25, 0.3) is 0 Å². The summed E-state index contributed by atoms with van der Waals surface area (Å²) < 4.78 is 0. The maximum atomic E-state index is 4.27. The second-order valence-electron chi connectivity index (χ2n) is 5.99. The molecule has 6 rings (SSSR count). The van der Waals surface area contributed by atoms with Gasteiger partial charge in [-0.25, -0.2) is 0 Å². The van der Waals surface area contributed by atoms with Crippen molar-refractivity contribution in [2.75, 3.05) is 0 Å². The molecule has 0 radical (unpaired) electrons. The van der Waals surface area contributed by atoms with E-state index in [1.807, 2.05) is 11.1 Å². The van der Waals surface area contributed by atoms with Crippen LogP contribution in [0.5, 0.6) is 0 Å². The number of rotatable bonds is 1. The molecular weight excluding hydrogens is 156 g/mol. The van der Waals surface area contributed by atoms with Crippen molar-refractivity contribution < 1.29 is 0 Å². The zero-order valence-corrected chi connectivity index (χ0v) is 7.84. The molecule has 0 aromatic heterocycles. The van der Waals surface area contributed by atoms with Crippen molar-refractivity contribution in [1.82, 2.24) is 0 Å². The molecule has 0 aromatic carbocycles. The van der Waals surface area contributed by atoms with Crippen LogP contribution in [0, 0.1) is 29.1 Å². The van der Waals surface area contributed by atoms with Gasteiger partial charge >= 0.3 is 0 Å². The molecule has 0 N–H and O–H groups in total. The van der Waals surface area contributed by atoms with E-state index < -0.39 is 0 Å². The van der Waals surface area contributed by atoms with Gasteiger partial charge in [0.15, 0.2) is 0 Å². The van der Waals surface area contributed by atoms with Gasteiger partial charge in [-0.1, -0.05) is 23.3 Å². The fourth-order valence-electron chi connectivity index (χ4n) is 4.58. The van der Waals surface area contributed by atoms with Crippen LogP contribution in [-0.2, 0) is 0 Å². The number of hydrogen-bond acceptors (Lipinski definition) is 0. The zero-order valence-electron chi connectivity index (χ0n) is 7.84. The average Bonchev–Trinajstić information content (AvgIpc) is 2.84. The van der Waals surface area contributed by atoms with Gasteiger partial charge in [-0.15, -0.1) is 0 Å². The van der Waals surface area contributed by atoms with E-state index in [0.29, 0.717) is 0 Å². The minimum absolute atomic E-state index is 0.825. The summed E-state index contributed by atoms with van der Waals surface area (Å²) in [5.74, 6) is 4.17. The minimum atomic E-state index is 0.825. The first kappa shape index (κ1) is 6.06. The van der Waals surface area contributed by atoms with Crippen molar-refractivity contribution in [3.05, 3.63) is 23.3 Å². The van der Waals surface area contributed by atoms with Crippen molar-refractivity contribution in [3.8, 4) is 0 Å². The van der Waals surface area contributed by atoms with Crippen molar-refractivity contribution in [1.29, 1.82) is 0 Å². The molecule has 4 saturated carbocycles. The van der Waals surface area contributed by atoms with Gasteiger partial charge in [0.05, 0.1) is 0 Å².